The molecule has 0 aromatic heterocycles. The first kappa shape index (κ1) is 30.2. The van der Waals surface area contributed by atoms with Crippen molar-refractivity contribution in [1.29, 1.82) is 0 Å². The third kappa shape index (κ3) is 8.14. The van der Waals surface area contributed by atoms with E-state index in [9.17, 15) is 14.0 Å². The zero-order chi connectivity index (χ0) is 28.6. The maximum absolute atomic E-state index is 13.8. The summed E-state index contributed by atoms with van der Waals surface area (Å²) in [5, 5.41) is 3.22. The minimum atomic E-state index is -0.571. The van der Waals surface area contributed by atoms with Crippen molar-refractivity contribution in [3.8, 4) is 0 Å². The summed E-state index contributed by atoms with van der Waals surface area (Å²) >= 11 is 0. The molecule has 1 aliphatic carbocycles. The number of nitrogens with one attached hydrogen (secondary N) is 1. The maximum Gasteiger partial charge on any atom is 0.254 e. The quantitative estimate of drug-likeness (QED) is 0.429. The normalized spacial score (nSPS) is 23.4. The first-order valence-electron chi connectivity index (χ1n) is 15.1. The molecule has 4 atom stereocenters. The van der Waals surface area contributed by atoms with E-state index in [1.807, 2.05) is 0 Å². The molecular weight excluding hydrogens is 503 g/mol. The molecule has 0 bridgehead atoms. The molecule has 3 unspecified atom stereocenters. The lowest BCUT2D eigenvalue weighted by molar-refractivity contribution is -0.128. The lowest BCUT2D eigenvalue weighted by Crippen LogP contribution is -2.58. The number of nitrogens with two attached hydrogens (primary N) is 1. The van der Waals surface area contributed by atoms with E-state index in [4.69, 9.17) is 5.73 Å². The minimum Gasteiger partial charge on any atom is -0.354 e. The summed E-state index contributed by atoms with van der Waals surface area (Å²) in [7, 11) is 0. The van der Waals surface area contributed by atoms with Crippen molar-refractivity contribution < 1.29 is 14.0 Å². The standard InChI is InChI=1S/C33H47FN4O2/c1-23(2)21-37(22-25-9-7-24(3)8-10-25)30-15-16-38(33(40)28-11-13-29(34)14-12-28)31(18-30)32(39)36-20-27-6-4-5-26(17-27)19-35/h7-14,23,26-27,30-31H,4-6,15-22,35H2,1-3H3,(H,36,39)/t26?,27?,30?,31-/m1/s1. The number of nitrogens with zero attached hydrogens (tertiary/aromatic N) is 2. The predicted octanol–water partition coefficient (Wildman–Crippen LogP) is 5.15. The lowest BCUT2D eigenvalue weighted by atomic mass is 9.81. The van der Waals surface area contributed by atoms with Gasteiger partial charge in [0.05, 0.1) is 0 Å². The average Bonchev–Trinajstić information content (AvgIpc) is 2.96. The number of likely N-dealkylation sites (tertiary alicyclic amines) is 1. The Kier molecular flexibility index (Phi) is 10.7. The summed E-state index contributed by atoms with van der Waals surface area (Å²) in [5.41, 5.74) is 8.84. The molecule has 2 aliphatic rings. The highest BCUT2D eigenvalue weighted by atomic mass is 19.1. The first-order chi connectivity index (χ1) is 19.2. The molecule has 1 saturated carbocycles. The molecule has 40 heavy (non-hydrogen) atoms. The second-order valence-electron chi connectivity index (χ2n) is 12.4. The molecule has 3 N–H and O–H groups in total. The number of halogens is 1. The average molecular weight is 551 g/mol. The van der Waals surface area contributed by atoms with Gasteiger partial charge in [0.25, 0.3) is 5.91 Å². The van der Waals surface area contributed by atoms with E-state index in [0.29, 0.717) is 49.4 Å². The Labute approximate surface area is 239 Å². The van der Waals surface area contributed by atoms with E-state index in [1.54, 1.807) is 4.90 Å². The van der Waals surface area contributed by atoms with Crippen molar-refractivity contribution in [2.24, 2.45) is 23.5 Å². The molecule has 4 rings (SSSR count). The van der Waals surface area contributed by atoms with E-state index >= 15 is 0 Å². The van der Waals surface area contributed by atoms with Crippen LogP contribution in [0.15, 0.2) is 48.5 Å². The van der Waals surface area contributed by atoms with Gasteiger partial charge < -0.3 is 16.0 Å². The van der Waals surface area contributed by atoms with Gasteiger partial charge in [0.2, 0.25) is 5.91 Å². The van der Waals surface area contributed by atoms with E-state index in [0.717, 1.165) is 45.2 Å². The first-order valence-corrected chi connectivity index (χ1v) is 15.1. The Morgan fingerprint density at radius 3 is 2.40 bits per heavy atom. The van der Waals surface area contributed by atoms with Gasteiger partial charge in [-0.1, -0.05) is 50.1 Å². The second kappa shape index (κ2) is 14.2. The monoisotopic (exact) mass is 550 g/mol. The molecule has 2 aromatic carbocycles. The molecule has 2 amide bonds. The van der Waals surface area contributed by atoms with Crippen molar-refractivity contribution in [3.63, 3.8) is 0 Å². The van der Waals surface area contributed by atoms with Crippen molar-refractivity contribution in [2.75, 3.05) is 26.2 Å². The number of carbonyl (C=O) groups is 2. The number of carbonyl (C=O) groups excluding carboxylic acids is 2. The van der Waals surface area contributed by atoms with Crippen molar-refractivity contribution >= 4 is 11.8 Å². The molecule has 2 fully saturated rings. The fourth-order valence-electron chi connectivity index (χ4n) is 6.43. The van der Waals surface area contributed by atoms with Crippen LogP contribution in [0.3, 0.4) is 0 Å². The van der Waals surface area contributed by atoms with Crippen LogP contribution in [-0.2, 0) is 11.3 Å². The smallest absolute Gasteiger partial charge is 0.254 e. The van der Waals surface area contributed by atoms with Crippen molar-refractivity contribution in [1.82, 2.24) is 15.1 Å². The van der Waals surface area contributed by atoms with Crippen LogP contribution < -0.4 is 11.1 Å². The Morgan fingerprint density at radius 1 is 1.02 bits per heavy atom. The third-order valence-corrected chi connectivity index (χ3v) is 8.64. The van der Waals surface area contributed by atoms with E-state index in [-0.39, 0.29) is 23.7 Å². The Balaban J connectivity index is 1.52. The molecular formula is C33H47FN4O2. The maximum atomic E-state index is 13.8. The highest BCUT2D eigenvalue weighted by Gasteiger charge is 2.39. The second-order valence-corrected chi connectivity index (χ2v) is 12.4. The molecule has 6 nitrogen and oxygen atoms in total. The van der Waals surface area contributed by atoms with Crippen LogP contribution in [0, 0.1) is 30.5 Å². The lowest BCUT2D eigenvalue weighted by Gasteiger charge is -2.43. The summed E-state index contributed by atoms with van der Waals surface area (Å²) in [5.74, 6) is 0.735. The molecule has 2 aromatic rings. The van der Waals surface area contributed by atoms with Gasteiger partial charge in [0.15, 0.2) is 0 Å². The Bertz CT molecular complexity index is 1100. The summed E-state index contributed by atoms with van der Waals surface area (Å²) in [6.45, 7) is 10.1. The summed E-state index contributed by atoms with van der Waals surface area (Å²) in [6.07, 6.45) is 5.82. The van der Waals surface area contributed by atoms with Gasteiger partial charge in [-0.25, -0.2) is 4.39 Å². The van der Waals surface area contributed by atoms with Crippen LogP contribution in [-0.4, -0.2) is 59.9 Å². The molecule has 1 saturated heterocycles. The highest BCUT2D eigenvalue weighted by Crippen LogP contribution is 2.29. The number of benzene rings is 2. The van der Waals surface area contributed by atoms with Crippen LogP contribution in [0.5, 0.6) is 0 Å². The van der Waals surface area contributed by atoms with Gasteiger partial charge in [-0.2, -0.15) is 0 Å². The number of amides is 2. The third-order valence-electron chi connectivity index (χ3n) is 8.64. The fraction of sp³-hybridized carbons (Fsp3) is 0.576. The van der Waals surface area contributed by atoms with E-state index in [1.165, 1.54) is 35.4 Å². The summed E-state index contributed by atoms with van der Waals surface area (Å²) in [4.78, 5) is 31.6. The van der Waals surface area contributed by atoms with E-state index in [2.05, 4.69) is 55.3 Å². The van der Waals surface area contributed by atoms with Gasteiger partial charge in [-0.3, -0.25) is 14.5 Å². The summed E-state index contributed by atoms with van der Waals surface area (Å²) < 4.78 is 13.6. The SMILES string of the molecule is Cc1ccc(CN(CC(C)C)C2CCN(C(=O)c3ccc(F)cc3)[C@@H](C(=O)NCC3CCCC(CN)C3)C2)cc1. The number of aryl methyl sites for hydroxylation is 1. The van der Waals surface area contributed by atoms with Crippen LogP contribution in [0.4, 0.5) is 4.39 Å². The molecule has 1 aliphatic heterocycles. The molecule has 218 valence electrons. The van der Waals surface area contributed by atoms with Gasteiger partial charge in [-0.15, -0.1) is 0 Å². The largest absolute Gasteiger partial charge is 0.354 e. The Morgan fingerprint density at radius 2 is 1.73 bits per heavy atom. The molecule has 0 radical (unpaired) electrons. The van der Waals surface area contributed by atoms with Crippen molar-refractivity contribution in [3.05, 3.63) is 71.0 Å². The van der Waals surface area contributed by atoms with Crippen LogP contribution >= 0.6 is 0 Å². The van der Waals surface area contributed by atoms with Crippen LogP contribution in [0.1, 0.15) is 73.9 Å². The number of hydrogen-bond donors (Lipinski definition) is 2. The summed E-state index contributed by atoms with van der Waals surface area (Å²) in [6, 6.07) is 13.9. The molecule has 0 spiro atoms. The molecule has 1 heterocycles. The number of rotatable bonds is 10. The Hall–Kier alpha value is -2.77. The highest BCUT2D eigenvalue weighted by molar-refractivity contribution is 5.97. The fourth-order valence-corrected chi connectivity index (χ4v) is 6.43. The van der Waals surface area contributed by atoms with Crippen LogP contribution in [0.2, 0.25) is 0 Å². The van der Waals surface area contributed by atoms with Crippen LogP contribution in [0.25, 0.3) is 0 Å². The van der Waals surface area contributed by atoms with Gasteiger partial charge in [-0.05, 0) is 93.2 Å². The van der Waals surface area contributed by atoms with Gasteiger partial charge in [0, 0.05) is 37.8 Å². The zero-order valence-electron chi connectivity index (χ0n) is 24.4. The molecule has 7 heteroatoms. The van der Waals surface area contributed by atoms with Crippen molar-refractivity contribution in [2.45, 2.75) is 77.9 Å². The minimum absolute atomic E-state index is 0.0881. The van der Waals surface area contributed by atoms with E-state index < -0.39 is 6.04 Å². The number of hydrogen-bond acceptors (Lipinski definition) is 4. The number of piperidine rings is 1. The van der Waals surface area contributed by atoms with Gasteiger partial charge >= 0.3 is 0 Å². The zero-order valence-corrected chi connectivity index (χ0v) is 24.4. The predicted molar refractivity (Wildman–Crippen MR) is 158 cm³/mol. The topological polar surface area (TPSA) is 78.7 Å². The van der Waals surface area contributed by atoms with Gasteiger partial charge in [0.1, 0.15) is 11.9 Å².